The summed E-state index contributed by atoms with van der Waals surface area (Å²) in [6.45, 7) is -0.250. The zero-order valence-electron chi connectivity index (χ0n) is 15.5. The average molecular weight is 398 g/mol. The molecule has 0 heterocycles. The van der Waals surface area contributed by atoms with Gasteiger partial charge >= 0.3 is 11.9 Å². The van der Waals surface area contributed by atoms with Gasteiger partial charge in [-0.25, -0.2) is 9.59 Å². The van der Waals surface area contributed by atoms with E-state index in [0.29, 0.717) is 11.1 Å². The van der Waals surface area contributed by atoms with E-state index in [2.05, 4.69) is 10.1 Å². The number of nitrogens with one attached hydrogen (secondary N) is 1. The molecule has 9 nitrogen and oxygen atoms in total. The van der Waals surface area contributed by atoms with Crippen LogP contribution >= 0.6 is 0 Å². The molecule has 0 saturated carbocycles. The van der Waals surface area contributed by atoms with Gasteiger partial charge in [0.25, 0.3) is 11.6 Å². The Morgan fingerprint density at radius 3 is 2.31 bits per heavy atom. The number of hydrogen-bond acceptors (Lipinski definition) is 7. The fourth-order valence-electron chi connectivity index (χ4n) is 2.18. The van der Waals surface area contributed by atoms with Gasteiger partial charge in [-0.1, -0.05) is 12.1 Å². The zero-order valence-corrected chi connectivity index (χ0v) is 15.5. The lowest BCUT2D eigenvalue weighted by molar-refractivity contribution is -0.384. The number of ether oxygens (including phenoxy) is 2. The lowest BCUT2D eigenvalue weighted by Gasteiger charge is -2.06. The van der Waals surface area contributed by atoms with Crippen molar-refractivity contribution >= 4 is 29.6 Å². The monoisotopic (exact) mass is 398 g/mol. The van der Waals surface area contributed by atoms with E-state index in [4.69, 9.17) is 4.74 Å². The Morgan fingerprint density at radius 2 is 1.72 bits per heavy atom. The maximum Gasteiger partial charge on any atom is 0.337 e. The molecule has 0 saturated heterocycles. The predicted octanol–water partition coefficient (Wildman–Crippen LogP) is 2.25. The van der Waals surface area contributed by atoms with Crippen LogP contribution in [0.1, 0.15) is 21.5 Å². The molecule has 150 valence electrons. The van der Waals surface area contributed by atoms with Gasteiger partial charge in [0.2, 0.25) is 0 Å². The van der Waals surface area contributed by atoms with E-state index in [0.717, 1.165) is 11.6 Å². The van der Waals surface area contributed by atoms with Gasteiger partial charge in [0.05, 0.1) is 17.6 Å². The molecule has 0 unspecified atom stereocenters. The number of hydrogen-bond donors (Lipinski definition) is 1. The van der Waals surface area contributed by atoms with Crippen molar-refractivity contribution in [3.63, 3.8) is 0 Å². The van der Waals surface area contributed by atoms with Gasteiger partial charge in [-0.2, -0.15) is 0 Å². The highest BCUT2D eigenvalue weighted by Crippen LogP contribution is 2.12. The summed E-state index contributed by atoms with van der Waals surface area (Å²) >= 11 is 0. The molecule has 0 atom stereocenters. The molecule has 0 aliphatic carbocycles. The summed E-state index contributed by atoms with van der Waals surface area (Å²) < 4.78 is 9.44. The smallest absolute Gasteiger partial charge is 0.337 e. The van der Waals surface area contributed by atoms with Gasteiger partial charge in [-0.3, -0.25) is 14.9 Å². The van der Waals surface area contributed by atoms with Crippen LogP contribution < -0.4 is 5.32 Å². The third-order valence-electron chi connectivity index (χ3n) is 3.73. The summed E-state index contributed by atoms with van der Waals surface area (Å²) in [7, 11) is 1.29. The van der Waals surface area contributed by atoms with Crippen LogP contribution in [0.15, 0.2) is 54.6 Å². The lowest BCUT2D eigenvalue weighted by Crippen LogP contribution is -2.28. The van der Waals surface area contributed by atoms with Crippen molar-refractivity contribution < 1.29 is 28.8 Å². The number of methoxy groups -OCH3 is 1. The Balaban J connectivity index is 1.74. The van der Waals surface area contributed by atoms with Crippen LogP contribution in [0.3, 0.4) is 0 Å². The number of esters is 2. The summed E-state index contributed by atoms with van der Waals surface area (Å²) in [5, 5.41) is 13.2. The molecular formula is C20H18N2O7. The number of non-ortho nitro benzene ring substituents is 1. The van der Waals surface area contributed by atoms with Crippen molar-refractivity contribution in [3.8, 4) is 0 Å². The Kier molecular flexibility index (Phi) is 7.60. The molecule has 1 amide bonds. The van der Waals surface area contributed by atoms with Gasteiger partial charge in [-0.05, 0) is 41.5 Å². The van der Waals surface area contributed by atoms with E-state index < -0.39 is 29.4 Å². The van der Waals surface area contributed by atoms with Crippen molar-refractivity contribution in [2.75, 3.05) is 13.7 Å². The third-order valence-corrected chi connectivity index (χ3v) is 3.73. The second-order valence-electron chi connectivity index (χ2n) is 5.75. The Morgan fingerprint density at radius 1 is 1.07 bits per heavy atom. The molecule has 29 heavy (non-hydrogen) atoms. The molecule has 0 bridgehead atoms. The maximum atomic E-state index is 11.8. The highest BCUT2D eigenvalue weighted by molar-refractivity contribution is 5.90. The number of nitrogens with zero attached hydrogens (tertiary/aromatic N) is 1. The number of benzene rings is 2. The van der Waals surface area contributed by atoms with Crippen molar-refractivity contribution in [2.24, 2.45) is 0 Å². The van der Waals surface area contributed by atoms with Gasteiger partial charge < -0.3 is 14.8 Å². The van der Waals surface area contributed by atoms with Crippen LogP contribution in [-0.2, 0) is 25.6 Å². The second kappa shape index (κ2) is 10.4. The number of nitro groups is 1. The summed E-state index contributed by atoms with van der Waals surface area (Å²) in [5.41, 5.74) is 1.68. The van der Waals surface area contributed by atoms with Gasteiger partial charge in [0.15, 0.2) is 6.61 Å². The van der Waals surface area contributed by atoms with Gasteiger partial charge in [0, 0.05) is 24.8 Å². The molecule has 0 aliphatic rings. The zero-order chi connectivity index (χ0) is 21.2. The third kappa shape index (κ3) is 6.90. The number of nitro benzene ring substituents is 1. The topological polar surface area (TPSA) is 125 Å². The first kappa shape index (κ1) is 21.3. The van der Waals surface area contributed by atoms with E-state index in [1.54, 1.807) is 24.3 Å². The van der Waals surface area contributed by atoms with Crippen LogP contribution in [0.2, 0.25) is 0 Å². The molecule has 0 fully saturated rings. The summed E-state index contributed by atoms with van der Waals surface area (Å²) in [5.74, 6) is -1.66. The minimum atomic E-state index is -0.721. The highest BCUT2D eigenvalue weighted by Gasteiger charge is 2.07. The van der Waals surface area contributed by atoms with Crippen LogP contribution in [0.5, 0.6) is 0 Å². The Bertz CT molecular complexity index is 919. The Hall–Kier alpha value is -4.01. The predicted molar refractivity (Wildman–Crippen MR) is 103 cm³/mol. The molecule has 0 aromatic heterocycles. The first-order chi connectivity index (χ1) is 13.9. The van der Waals surface area contributed by atoms with E-state index >= 15 is 0 Å². The van der Waals surface area contributed by atoms with Crippen molar-refractivity contribution in [2.45, 2.75) is 6.54 Å². The van der Waals surface area contributed by atoms with Gasteiger partial charge in [0.1, 0.15) is 0 Å². The average Bonchev–Trinajstić information content (AvgIpc) is 2.74. The quantitative estimate of drug-likeness (QED) is 0.313. The normalized spacial score (nSPS) is 10.4. The van der Waals surface area contributed by atoms with Crippen LogP contribution in [0.25, 0.3) is 6.08 Å². The minimum Gasteiger partial charge on any atom is -0.465 e. The molecule has 9 heteroatoms. The first-order valence-corrected chi connectivity index (χ1v) is 8.42. The minimum absolute atomic E-state index is 0.0543. The molecular weight excluding hydrogens is 380 g/mol. The summed E-state index contributed by atoms with van der Waals surface area (Å²) in [6, 6.07) is 12.1. The lowest BCUT2D eigenvalue weighted by atomic mass is 10.1. The summed E-state index contributed by atoms with van der Waals surface area (Å²) in [4.78, 5) is 44.8. The largest absolute Gasteiger partial charge is 0.465 e. The molecule has 1 N–H and O–H groups in total. The molecule has 0 radical (unpaired) electrons. The SMILES string of the molecule is COC(=O)c1ccc(CNC(=O)COC(=O)/C=C/c2ccc([N+](=O)[O-])cc2)cc1. The fourth-order valence-corrected chi connectivity index (χ4v) is 2.18. The number of carbonyl (C=O) groups is 3. The van der Waals surface area contributed by atoms with Crippen molar-refractivity contribution in [1.29, 1.82) is 0 Å². The van der Waals surface area contributed by atoms with E-state index in [-0.39, 0.29) is 12.2 Å². The van der Waals surface area contributed by atoms with Crippen LogP contribution in [0.4, 0.5) is 5.69 Å². The summed E-state index contributed by atoms with van der Waals surface area (Å²) in [6.07, 6.45) is 2.55. The van der Waals surface area contributed by atoms with Crippen LogP contribution in [-0.4, -0.2) is 36.5 Å². The van der Waals surface area contributed by atoms with Crippen LogP contribution in [0, 0.1) is 10.1 Å². The van der Waals surface area contributed by atoms with Gasteiger partial charge in [-0.15, -0.1) is 0 Å². The highest BCUT2D eigenvalue weighted by atomic mass is 16.6. The second-order valence-corrected chi connectivity index (χ2v) is 5.75. The number of rotatable bonds is 8. The fraction of sp³-hybridized carbons (Fsp3) is 0.150. The van der Waals surface area contributed by atoms with E-state index in [1.807, 2.05) is 0 Å². The molecule has 2 aromatic carbocycles. The van der Waals surface area contributed by atoms with E-state index in [1.165, 1.54) is 37.5 Å². The standard InChI is InChI=1S/C20H18N2O7/c1-28-20(25)16-7-2-15(3-8-16)12-21-18(23)13-29-19(24)11-6-14-4-9-17(10-5-14)22(26)27/h2-11H,12-13H2,1H3,(H,21,23)/b11-6+. The molecule has 2 aromatic rings. The molecule has 0 spiro atoms. The van der Waals surface area contributed by atoms with E-state index in [9.17, 15) is 24.5 Å². The van der Waals surface area contributed by atoms with Crippen molar-refractivity contribution in [1.82, 2.24) is 5.32 Å². The Labute approximate surface area is 166 Å². The van der Waals surface area contributed by atoms with Crippen molar-refractivity contribution in [3.05, 3.63) is 81.4 Å². The molecule has 0 aliphatic heterocycles. The number of amides is 1. The molecule has 2 rings (SSSR count). The number of carbonyl (C=O) groups excluding carboxylic acids is 3. The first-order valence-electron chi connectivity index (χ1n) is 8.42. The maximum absolute atomic E-state index is 11.8.